The molecular weight excluding hydrogens is 406 g/mol. The van der Waals surface area contributed by atoms with Gasteiger partial charge >= 0.3 is 5.56 Å². The highest BCUT2D eigenvalue weighted by atomic mass is 32.1. The predicted octanol–water partition coefficient (Wildman–Crippen LogP) is 1.75. The molecule has 152 valence electrons. The molecule has 0 saturated heterocycles. The van der Waals surface area contributed by atoms with E-state index in [-0.39, 0.29) is 16.2 Å². The van der Waals surface area contributed by atoms with Crippen LogP contribution in [-0.2, 0) is 0 Å². The van der Waals surface area contributed by atoms with E-state index in [0.717, 1.165) is 15.9 Å². The van der Waals surface area contributed by atoms with Crippen molar-refractivity contribution in [1.82, 2.24) is 14.6 Å². The lowest BCUT2D eigenvalue weighted by molar-refractivity contribution is 0.324. The highest BCUT2D eigenvalue weighted by molar-refractivity contribution is 7.15. The van der Waals surface area contributed by atoms with E-state index in [2.05, 4.69) is 10.1 Å². The number of fused-ring (bicyclic) bond motifs is 1. The Morgan fingerprint density at radius 2 is 1.63 bits per heavy atom. The number of benzene rings is 2. The molecular formula is C21H17N3O5S. The molecule has 2 heterocycles. The monoisotopic (exact) mass is 423 g/mol. The Morgan fingerprint density at radius 1 is 0.967 bits per heavy atom. The molecule has 2 aromatic heterocycles. The zero-order chi connectivity index (χ0) is 21.3. The van der Waals surface area contributed by atoms with E-state index in [1.54, 1.807) is 42.5 Å². The number of rotatable bonds is 5. The zero-order valence-electron chi connectivity index (χ0n) is 16.4. The van der Waals surface area contributed by atoms with Crippen LogP contribution in [0.3, 0.4) is 0 Å². The third-order valence-corrected chi connectivity index (χ3v) is 5.38. The van der Waals surface area contributed by atoms with Gasteiger partial charge in [-0.25, -0.2) is 0 Å². The van der Waals surface area contributed by atoms with Gasteiger partial charge in [0.15, 0.2) is 17.2 Å². The van der Waals surface area contributed by atoms with Gasteiger partial charge in [0, 0.05) is 5.56 Å². The summed E-state index contributed by atoms with van der Waals surface area (Å²) in [5.74, 6) is 1.39. The minimum atomic E-state index is -0.484. The predicted molar refractivity (Wildman–Crippen MR) is 114 cm³/mol. The first-order chi connectivity index (χ1) is 14.5. The first-order valence-corrected chi connectivity index (χ1v) is 9.68. The number of thiazole rings is 1. The van der Waals surface area contributed by atoms with Gasteiger partial charge in [-0.1, -0.05) is 41.7 Å². The van der Waals surface area contributed by atoms with Crippen molar-refractivity contribution in [3.63, 3.8) is 0 Å². The van der Waals surface area contributed by atoms with Crippen molar-refractivity contribution >= 4 is 22.4 Å². The molecule has 0 N–H and O–H groups in total. The summed E-state index contributed by atoms with van der Waals surface area (Å²) in [6.45, 7) is 0. The third kappa shape index (κ3) is 3.39. The minimum absolute atomic E-state index is 0.127. The van der Waals surface area contributed by atoms with Gasteiger partial charge in [-0.3, -0.25) is 9.59 Å². The van der Waals surface area contributed by atoms with Crippen molar-refractivity contribution in [2.75, 3.05) is 21.3 Å². The Kier molecular flexibility index (Phi) is 5.20. The number of aromatic nitrogens is 3. The van der Waals surface area contributed by atoms with Crippen LogP contribution in [0.5, 0.6) is 17.2 Å². The Morgan fingerprint density at radius 3 is 2.23 bits per heavy atom. The van der Waals surface area contributed by atoms with Gasteiger partial charge in [0.1, 0.15) is 0 Å². The topological polar surface area (TPSA) is 92.0 Å². The second kappa shape index (κ2) is 7.96. The van der Waals surface area contributed by atoms with Crippen LogP contribution in [0.25, 0.3) is 22.3 Å². The number of hydrogen-bond donors (Lipinski definition) is 0. The van der Waals surface area contributed by atoms with E-state index in [4.69, 9.17) is 14.2 Å². The van der Waals surface area contributed by atoms with Crippen LogP contribution in [0.2, 0.25) is 0 Å². The standard InChI is InChI=1S/C21H17N3O5S/c1-27-14-9-12(10-15(28-2)18(14)29-3)11-16-20(26)24-21(30-16)22-19(25)17(23-24)13-7-5-4-6-8-13/h4-11H,1-3H3. The van der Waals surface area contributed by atoms with E-state index in [1.165, 1.54) is 21.3 Å². The smallest absolute Gasteiger partial charge is 0.300 e. The van der Waals surface area contributed by atoms with Crippen molar-refractivity contribution in [2.45, 2.75) is 0 Å². The van der Waals surface area contributed by atoms with Crippen LogP contribution in [0.4, 0.5) is 0 Å². The fraction of sp³-hybridized carbons (Fsp3) is 0.143. The number of ether oxygens (including phenoxy) is 3. The number of nitrogens with zero attached hydrogens (tertiary/aromatic N) is 3. The van der Waals surface area contributed by atoms with Gasteiger partial charge in [0.25, 0.3) is 5.56 Å². The number of hydrogen-bond acceptors (Lipinski definition) is 8. The van der Waals surface area contributed by atoms with Gasteiger partial charge < -0.3 is 14.2 Å². The van der Waals surface area contributed by atoms with Crippen molar-refractivity contribution in [3.8, 4) is 28.5 Å². The fourth-order valence-electron chi connectivity index (χ4n) is 3.02. The Bertz CT molecular complexity index is 1370. The van der Waals surface area contributed by atoms with Crippen molar-refractivity contribution in [2.24, 2.45) is 0 Å². The molecule has 0 saturated carbocycles. The lowest BCUT2D eigenvalue weighted by Crippen LogP contribution is -2.26. The Hall–Kier alpha value is -3.72. The summed E-state index contributed by atoms with van der Waals surface area (Å²) >= 11 is 1.08. The first kappa shape index (κ1) is 19.6. The fourth-order valence-corrected chi connectivity index (χ4v) is 3.93. The maximum Gasteiger partial charge on any atom is 0.300 e. The quantitative estimate of drug-likeness (QED) is 0.483. The average molecular weight is 423 g/mol. The largest absolute Gasteiger partial charge is 0.493 e. The molecule has 0 spiro atoms. The molecule has 0 aliphatic heterocycles. The highest BCUT2D eigenvalue weighted by Gasteiger charge is 2.15. The highest BCUT2D eigenvalue weighted by Crippen LogP contribution is 2.38. The molecule has 0 bridgehead atoms. The molecule has 4 aromatic rings. The molecule has 0 aliphatic carbocycles. The van der Waals surface area contributed by atoms with Gasteiger partial charge in [0.2, 0.25) is 10.7 Å². The third-order valence-electron chi connectivity index (χ3n) is 4.42. The molecule has 2 aromatic carbocycles. The van der Waals surface area contributed by atoms with Gasteiger partial charge in [-0.15, -0.1) is 0 Å². The zero-order valence-corrected chi connectivity index (χ0v) is 17.2. The summed E-state index contributed by atoms with van der Waals surface area (Å²) in [7, 11) is 4.55. The van der Waals surface area contributed by atoms with Crippen LogP contribution < -0.4 is 29.9 Å². The summed E-state index contributed by atoms with van der Waals surface area (Å²) in [4.78, 5) is 29.6. The molecule has 4 rings (SSSR count). The molecule has 0 atom stereocenters. The second-order valence-corrected chi connectivity index (χ2v) is 7.21. The van der Waals surface area contributed by atoms with Gasteiger partial charge in [-0.05, 0) is 23.8 Å². The molecule has 0 aliphatic rings. The molecule has 0 radical (unpaired) electrons. The van der Waals surface area contributed by atoms with Crippen LogP contribution in [0, 0.1) is 0 Å². The first-order valence-electron chi connectivity index (χ1n) is 8.86. The maximum absolute atomic E-state index is 12.9. The second-order valence-electron chi connectivity index (χ2n) is 6.20. The normalized spacial score (nSPS) is 11.6. The van der Waals surface area contributed by atoms with Crippen molar-refractivity contribution in [1.29, 1.82) is 0 Å². The summed E-state index contributed by atoms with van der Waals surface area (Å²) in [5.41, 5.74) is 0.544. The van der Waals surface area contributed by atoms with E-state index in [0.29, 0.717) is 32.9 Å². The van der Waals surface area contributed by atoms with Crippen LogP contribution in [-0.4, -0.2) is 35.9 Å². The summed E-state index contributed by atoms with van der Waals surface area (Å²) in [5, 5.41) is 4.25. The van der Waals surface area contributed by atoms with Crippen LogP contribution >= 0.6 is 11.3 Å². The maximum atomic E-state index is 12.9. The Balaban J connectivity index is 1.90. The van der Waals surface area contributed by atoms with E-state index >= 15 is 0 Å². The molecule has 0 fully saturated rings. The van der Waals surface area contributed by atoms with E-state index in [9.17, 15) is 9.59 Å². The molecule has 8 nitrogen and oxygen atoms in total. The number of methoxy groups -OCH3 is 3. The lowest BCUT2D eigenvalue weighted by atomic mass is 10.1. The molecule has 30 heavy (non-hydrogen) atoms. The SMILES string of the molecule is COc1cc(C=c2sc3nc(=O)c(-c4ccccc4)nn3c2=O)cc(OC)c1OC. The minimum Gasteiger partial charge on any atom is -0.493 e. The lowest BCUT2D eigenvalue weighted by Gasteiger charge is -2.12. The van der Waals surface area contributed by atoms with Crippen molar-refractivity contribution in [3.05, 3.63) is 73.3 Å². The summed E-state index contributed by atoms with van der Waals surface area (Å²) < 4.78 is 17.6. The van der Waals surface area contributed by atoms with Crippen molar-refractivity contribution < 1.29 is 14.2 Å². The molecule has 9 heteroatoms. The molecule has 0 amide bonds. The molecule has 0 unspecified atom stereocenters. The van der Waals surface area contributed by atoms with Crippen LogP contribution in [0.1, 0.15) is 5.56 Å². The Labute approximate surface area is 174 Å². The summed E-state index contributed by atoms with van der Waals surface area (Å²) in [6, 6.07) is 12.4. The van der Waals surface area contributed by atoms with Gasteiger partial charge in [-0.2, -0.15) is 14.6 Å². The average Bonchev–Trinajstić information content (AvgIpc) is 3.07. The van der Waals surface area contributed by atoms with Crippen LogP contribution in [0.15, 0.2) is 52.1 Å². The van der Waals surface area contributed by atoms with E-state index < -0.39 is 5.56 Å². The van der Waals surface area contributed by atoms with E-state index in [1.807, 2.05) is 6.07 Å². The van der Waals surface area contributed by atoms with Gasteiger partial charge in [0.05, 0.1) is 25.9 Å². The summed E-state index contributed by atoms with van der Waals surface area (Å²) in [6.07, 6.45) is 1.67.